The number of hydrazine groups is 1. The van der Waals surface area contributed by atoms with Crippen LogP contribution in [-0.4, -0.2) is 73.5 Å². The van der Waals surface area contributed by atoms with Gasteiger partial charge >= 0.3 is 18.6 Å². The average Bonchev–Trinajstić information content (AvgIpc) is 2.78. The third-order valence-electron chi connectivity index (χ3n) is 4.51. The summed E-state index contributed by atoms with van der Waals surface area (Å²) in [6.45, 7) is 1.01. The van der Waals surface area contributed by atoms with Gasteiger partial charge in [-0.05, 0) is 19.1 Å². The first-order valence-corrected chi connectivity index (χ1v) is 10.1. The Morgan fingerprint density at radius 1 is 1.35 bits per heavy atom. The Bertz CT molecular complexity index is 934. The van der Waals surface area contributed by atoms with Gasteiger partial charge in [-0.25, -0.2) is 10.6 Å². The van der Waals surface area contributed by atoms with Crippen LogP contribution >= 0.6 is 0 Å². The van der Waals surface area contributed by atoms with E-state index in [0.717, 1.165) is 5.01 Å². The molecule has 1 aliphatic heterocycles. The molecule has 13 heteroatoms. The summed E-state index contributed by atoms with van der Waals surface area (Å²) >= 11 is 0. The highest BCUT2D eigenvalue weighted by Crippen LogP contribution is 2.24. The topological polar surface area (TPSA) is 125 Å². The molecule has 0 aliphatic carbocycles. The zero-order chi connectivity index (χ0) is 25.3. The maximum Gasteiger partial charge on any atom is 0.452 e. The van der Waals surface area contributed by atoms with Crippen molar-refractivity contribution in [2.75, 3.05) is 27.3 Å². The number of alkyl carbamates (subject to hydrolysis) is 1. The molecule has 0 saturated heterocycles. The average molecular weight is 484 g/mol. The third-order valence-corrected chi connectivity index (χ3v) is 4.51. The van der Waals surface area contributed by atoms with E-state index in [0.29, 0.717) is 11.3 Å². The van der Waals surface area contributed by atoms with E-state index in [1.54, 1.807) is 54.4 Å². The van der Waals surface area contributed by atoms with Crippen LogP contribution in [0.3, 0.4) is 0 Å². The number of ether oxygens (including phenoxy) is 2. The van der Waals surface area contributed by atoms with Crippen molar-refractivity contribution in [3.63, 3.8) is 0 Å². The number of amidine groups is 1. The molecule has 2 unspecified atom stereocenters. The standard InChI is InChI=1S/C21H27F3N6O4/c1-4-32-19(21(22,23)24)34-20(31)27-16-12-8-11-15(29(16)2)13-33-28-17(18(25)30(3)26)14-9-6-5-7-10-14/h5-12,16,19,25H,4,13,26H2,1-3H3,(H,27,31)/b25-18?,28-17-. The smallest absolute Gasteiger partial charge is 0.409 e. The van der Waals surface area contributed by atoms with E-state index in [2.05, 4.69) is 19.9 Å². The van der Waals surface area contributed by atoms with Crippen LogP contribution in [0, 0.1) is 5.41 Å². The lowest BCUT2D eigenvalue weighted by Gasteiger charge is -2.32. The number of alkyl halides is 3. The maximum atomic E-state index is 12.9. The van der Waals surface area contributed by atoms with Gasteiger partial charge in [-0.15, -0.1) is 0 Å². The second-order valence-electron chi connectivity index (χ2n) is 7.02. The summed E-state index contributed by atoms with van der Waals surface area (Å²) in [5.74, 6) is 5.59. The molecule has 1 aliphatic rings. The first-order valence-electron chi connectivity index (χ1n) is 10.1. The van der Waals surface area contributed by atoms with Crippen LogP contribution in [0.5, 0.6) is 0 Å². The van der Waals surface area contributed by atoms with Gasteiger partial charge in [-0.1, -0.05) is 41.6 Å². The van der Waals surface area contributed by atoms with Gasteiger partial charge in [0, 0.05) is 26.3 Å². The lowest BCUT2D eigenvalue weighted by atomic mass is 10.1. The maximum absolute atomic E-state index is 12.9. The number of rotatable bonds is 9. The monoisotopic (exact) mass is 484 g/mol. The molecule has 186 valence electrons. The summed E-state index contributed by atoms with van der Waals surface area (Å²) in [4.78, 5) is 19.0. The number of nitrogens with one attached hydrogen (secondary N) is 2. The van der Waals surface area contributed by atoms with Gasteiger partial charge in [0.25, 0.3) is 0 Å². The molecule has 0 spiro atoms. The second-order valence-corrected chi connectivity index (χ2v) is 7.02. The number of carbonyl (C=O) groups is 1. The van der Waals surface area contributed by atoms with Crippen LogP contribution in [0.1, 0.15) is 12.5 Å². The summed E-state index contributed by atoms with van der Waals surface area (Å²) in [6.07, 6.45) is -4.81. The minimum atomic E-state index is -4.86. The van der Waals surface area contributed by atoms with Gasteiger partial charge in [0.2, 0.25) is 0 Å². The number of carbonyl (C=O) groups excluding carboxylic acids is 1. The Balaban J connectivity index is 2.02. The van der Waals surface area contributed by atoms with Crippen molar-refractivity contribution in [2.45, 2.75) is 25.6 Å². The SMILES string of the molecule is CCOC(OC(=O)NC1C=CC=C(CO/N=C(\C(=N)N(C)N)c2ccccc2)N1C)C(F)(F)F. The number of nitrogens with zero attached hydrogens (tertiary/aromatic N) is 3. The fraction of sp³-hybridized carbons (Fsp3) is 0.381. The van der Waals surface area contributed by atoms with Crippen LogP contribution < -0.4 is 11.2 Å². The molecule has 1 amide bonds. The Kier molecular flexibility index (Phi) is 9.45. The number of hydrogen-bond acceptors (Lipinski definition) is 8. The number of nitrogens with two attached hydrogens (primary N) is 1. The van der Waals surface area contributed by atoms with Gasteiger partial charge in [0.05, 0.1) is 5.70 Å². The van der Waals surface area contributed by atoms with E-state index in [9.17, 15) is 18.0 Å². The van der Waals surface area contributed by atoms with Crippen LogP contribution in [0.25, 0.3) is 0 Å². The van der Waals surface area contributed by atoms with E-state index in [1.807, 2.05) is 6.07 Å². The lowest BCUT2D eigenvalue weighted by Crippen LogP contribution is -2.48. The number of likely N-dealkylation sites (N-methyl/N-ethyl adjacent to an activating group) is 2. The van der Waals surface area contributed by atoms with Crippen LogP contribution in [0.4, 0.5) is 18.0 Å². The molecule has 2 rings (SSSR count). The predicted octanol–water partition coefficient (Wildman–Crippen LogP) is 2.55. The molecule has 0 bridgehead atoms. The third kappa shape index (κ3) is 7.49. The molecular formula is C21H27F3N6O4. The Morgan fingerprint density at radius 3 is 2.62 bits per heavy atom. The van der Waals surface area contributed by atoms with Gasteiger partial charge in [-0.3, -0.25) is 15.7 Å². The van der Waals surface area contributed by atoms with Crippen molar-refractivity contribution < 1.29 is 32.3 Å². The Morgan fingerprint density at radius 2 is 2.03 bits per heavy atom. The Hall–Kier alpha value is -3.58. The molecule has 34 heavy (non-hydrogen) atoms. The normalized spacial score (nSPS) is 17.0. The first-order chi connectivity index (χ1) is 16.0. The summed E-state index contributed by atoms with van der Waals surface area (Å²) in [5, 5.41) is 15.6. The van der Waals surface area contributed by atoms with Crippen LogP contribution in [-0.2, 0) is 14.3 Å². The van der Waals surface area contributed by atoms with Gasteiger partial charge in [0.1, 0.15) is 6.17 Å². The van der Waals surface area contributed by atoms with E-state index in [1.165, 1.54) is 14.0 Å². The van der Waals surface area contributed by atoms with Gasteiger partial charge < -0.3 is 19.2 Å². The molecule has 0 saturated carbocycles. The highest BCUT2D eigenvalue weighted by atomic mass is 19.4. The minimum Gasteiger partial charge on any atom is -0.409 e. The number of amides is 1. The summed E-state index contributed by atoms with van der Waals surface area (Å²) < 4.78 is 47.5. The summed E-state index contributed by atoms with van der Waals surface area (Å²) in [7, 11) is 3.10. The van der Waals surface area contributed by atoms with E-state index >= 15 is 0 Å². The van der Waals surface area contributed by atoms with E-state index < -0.39 is 24.7 Å². The molecule has 0 fully saturated rings. The summed E-state index contributed by atoms with van der Waals surface area (Å²) in [5.41, 5.74) is 1.37. The molecule has 0 radical (unpaired) electrons. The van der Waals surface area contributed by atoms with Crippen LogP contribution in [0.15, 0.2) is 59.4 Å². The van der Waals surface area contributed by atoms with E-state index in [4.69, 9.17) is 16.1 Å². The molecule has 0 aromatic heterocycles. The molecule has 1 aromatic rings. The highest BCUT2D eigenvalue weighted by molar-refractivity contribution is 6.46. The fourth-order valence-electron chi connectivity index (χ4n) is 2.75. The predicted molar refractivity (Wildman–Crippen MR) is 118 cm³/mol. The summed E-state index contributed by atoms with van der Waals surface area (Å²) in [6, 6.07) is 8.87. The van der Waals surface area contributed by atoms with Crippen molar-refractivity contribution in [1.82, 2.24) is 15.2 Å². The van der Waals surface area contributed by atoms with Gasteiger partial charge in [-0.2, -0.15) is 13.2 Å². The second kappa shape index (κ2) is 12.0. The first kappa shape index (κ1) is 26.7. The quantitative estimate of drug-likeness (QED) is 0.162. The van der Waals surface area contributed by atoms with Crippen molar-refractivity contribution in [2.24, 2.45) is 11.0 Å². The molecule has 1 aromatic carbocycles. The zero-order valence-electron chi connectivity index (χ0n) is 18.9. The fourth-order valence-corrected chi connectivity index (χ4v) is 2.75. The number of benzene rings is 1. The molecule has 2 atom stereocenters. The molecule has 4 N–H and O–H groups in total. The number of halogens is 3. The number of hydrogen-bond donors (Lipinski definition) is 3. The largest absolute Gasteiger partial charge is 0.452 e. The minimum absolute atomic E-state index is 0.0594. The van der Waals surface area contributed by atoms with Crippen molar-refractivity contribution >= 4 is 17.6 Å². The van der Waals surface area contributed by atoms with E-state index in [-0.39, 0.29) is 24.8 Å². The van der Waals surface area contributed by atoms with Crippen molar-refractivity contribution in [3.05, 3.63) is 59.8 Å². The van der Waals surface area contributed by atoms with Crippen molar-refractivity contribution in [1.29, 1.82) is 5.41 Å². The molecular weight excluding hydrogens is 457 g/mol. The number of allylic oxidation sites excluding steroid dienone is 2. The molecule has 1 heterocycles. The molecule has 10 nitrogen and oxygen atoms in total. The van der Waals surface area contributed by atoms with Gasteiger partial charge in [0.15, 0.2) is 18.2 Å². The lowest BCUT2D eigenvalue weighted by molar-refractivity contribution is -0.290. The highest BCUT2D eigenvalue weighted by Gasteiger charge is 2.44. The zero-order valence-corrected chi connectivity index (χ0v) is 18.9. The van der Waals surface area contributed by atoms with Crippen LogP contribution in [0.2, 0.25) is 0 Å². The number of oxime groups is 1. The Labute approximate surface area is 194 Å². The van der Waals surface area contributed by atoms with Crippen molar-refractivity contribution in [3.8, 4) is 0 Å².